The van der Waals surface area contributed by atoms with Crippen molar-refractivity contribution < 1.29 is 19.8 Å². The Kier molecular flexibility index (Phi) is 2.82. The number of alkyl halides is 1. The average Bonchev–Trinajstić information content (AvgIpc) is 2.67. The van der Waals surface area contributed by atoms with Crippen molar-refractivity contribution in [1.82, 2.24) is 0 Å². The van der Waals surface area contributed by atoms with Crippen molar-refractivity contribution in [2.75, 3.05) is 0 Å². The van der Waals surface area contributed by atoms with Crippen LogP contribution in [0, 0.1) is 11.3 Å². The van der Waals surface area contributed by atoms with E-state index in [-0.39, 0.29) is 5.92 Å². The minimum Gasteiger partial charge on any atom is -0.480 e. The highest BCUT2D eigenvalue weighted by atomic mass is 127. The molecule has 1 aliphatic carbocycles. The van der Waals surface area contributed by atoms with Gasteiger partial charge in [-0.2, -0.15) is 0 Å². The Labute approximate surface area is 95.8 Å². The summed E-state index contributed by atoms with van der Waals surface area (Å²) in [6.07, 6.45) is 1.17. The van der Waals surface area contributed by atoms with E-state index in [0.29, 0.717) is 12.8 Å². The molecule has 1 fully saturated rings. The fourth-order valence-corrected chi connectivity index (χ4v) is 4.07. The highest BCUT2D eigenvalue weighted by Crippen LogP contribution is 2.71. The largest absolute Gasteiger partial charge is 0.480 e. The van der Waals surface area contributed by atoms with Crippen molar-refractivity contribution in [3.63, 3.8) is 0 Å². The monoisotopic (exact) mass is 312 g/mol. The van der Waals surface area contributed by atoms with E-state index < -0.39 is 20.8 Å². The maximum Gasteiger partial charge on any atom is 0.322 e. The van der Waals surface area contributed by atoms with E-state index in [1.54, 1.807) is 0 Å². The standard InChI is InChI=1S/C9H13IO4/c1-3-5-8(10,4-2)9(5,6(11)12)7(13)14/h5H,3-4H2,1-2H3,(H,11,12)(H,13,14). The molecule has 0 radical (unpaired) electrons. The zero-order chi connectivity index (χ0) is 11.1. The fraction of sp³-hybridized carbons (Fsp3) is 0.778. The number of halogens is 1. The Morgan fingerprint density at radius 1 is 1.29 bits per heavy atom. The first kappa shape index (κ1) is 11.7. The molecule has 5 heteroatoms. The van der Waals surface area contributed by atoms with E-state index in [1.807, 2.05) is 36.4 Å². The first-order chi connectivity index (χ1) is 6.39. The normalized spacial score (nSPS) is 33.8. The molecule has 0 bridgehead atoms. The first-order valence-electron chi connectivity index (χ1n) is 4.55. The van der Waals surface area contributed by atoms with Gasteiger partial charge in [0.2, 0.25) is 0 Å². The van der Waals surface area contributed by atoms with Crippen molar-refractivity contribution in [3.05, 3.63) is 0 Å². The smallest absolute Gasteiger partial charge is 0.322 e. The molecule has 0 heterocycles. The van der Waals surface area contributed by atoms with Crippen LogP contribution < -0.4 is 0 Å². The molecule has 4 nitrogen and oxygen atoms in total. The molecule has 1 aliphatic rings. The van der Waals surface area contributed by atoms with E-state index in [2.05, 4.69) is 0 Å². The number of rotatable bonds is 4. The molecule has 2 unspecified atom stereocenters. The van der Waals surface area contributed by atoms with Crippen LogP contribution in [-0.2, 0) is 9.59 Å². The third-order valence-electron chi connectivity index (χ3n) is 3.24. The van der Waals surface area contributed by atoms with Crippen molar-refractivity contribution in [1.29, 1.82) is 0 Å². The van der Waals surface area contributed by atoms with Gasteiger partial charge in [0, 0.05) is 5.92 Å². The molecule has 80 valence electrons. The van der Waals surface area contributed by atoms with E-state index in [0.717, 1.165) is 0 Å². The molecule has 0 aliphatic heterocycles. The number of carboxylic acid groups (broad SMARTS) is 2. The van der Waals surface area contributed by atoms with Crippen molar-refractivity contribution in [2.45, 2.75) is 30.1 Å². The van der Waals surface area contributed by atoms with Gasteiger partial charge in [-0.05, 0) is 6.42 Å². The van der Waals surface area contributed by atoms with Crippen molar-refractivity contribution in [2.24, 2.45) is 11.3 Å². The second-order valence-electron chi connectivity index (χ2n) is 3.60. The zero-order valence-corrected chi connectivity index (χ0v) is 10.2. The van der Waals surface area contributed by atoms with E-state index in [9.17, 15) is 9.59 Å². The molecule has 0 aromatic heterocycles. The van der Waals surface area contributed by atoms with Gasteiger partial charge in [0.05, 0.1) is 3.42 Å². The van der Waals surface area contributed by atoms with Crippen LogP contribution in [0.3, 0.4) is 0 Å². The van der Waals surface area contributed by atoms with Gasteiger partial charge in [-0.25, -0.2) is 0 Å². The first-order valence-corrected chi connectivity index (χ1v) is 5.63. The second-order valence-corrected chi connectivity index (χ2v) is 5.52. The van der Waals surface area contributed by atoms with Gasteiger partial charge >= 0.3 is 11.9 Å². The van der Waals surface area contributed by atoms with Crippen LogP contribution >= 0.6 is 22.6 Å². The van der Waals surface area contributed by atoms with E-state index in [4.69, 9.17) is 10.2 Å². The summed E-state index contributed by atoms with van der Waals surface area (Å²) in [5, 5.41) is 18.1. The summed E-state index contributed by atoms with van der Waals surface area (Å²) in [5.41, 5.74) is -1.56. The van der Waals surface area contributed by atoms with Crippen LogP contribution in [0.4, 0.5) is 0 Å². The summed E-state index contributed by atoms with van der Waals surface area (Å²) < 4.78 is -0.614. The lowest BCUT2D eigenvalue weighted by Gasteiger charge is -2.10. The number of hydrogen-bond acceptors (Lipinski definition) is 2. The predicted octanol–water partition coefficient (Wildman–Crippen LogP) is 1.77. The highest BCUT2D eigenvalue weighted by Gasteiger charge is 2.83. The molecule has 0 amide bonds. The molecule has 2 N–H and O–H groups in total. The molecule has 0 spiro atoms. The van der Waals surface area contributed by atoms with Gasteiger partial charge in [-0.15, -0.1) is 0 Å². The van der Waals surface area contributed by atoms with E-state index >= 15 is 0 Å². The Hall–Kier alpha value is -0.330. The molecular formula is C9H13IO4. The zero-order valence-electron chi connectivity index (χ0n) is 8.08. The lowest BCUT2D eigenvalue weighted by Crippen LogP contribution is -2.32. The van der Waals surface area contributed by atoms with Crippen LogP contribution in [0.15, 0.2) is 0 Å². The van der Waals surface area contributed by atoms with Gasteiger partial charge in [-0.1, -0.05) is 42.9 Å². The molecular weight excluding hydrogens is 299 g/mol. The number of carboxylic acids is 2. The highest BCUT2D eigenvalue weighted by molar-refractivity contribution is 14.1. The lowest BCUT2D eigenvalue weighted by atomic mass is 10.0. The summed E-state index contributed by atoms with van der Waals surface area (Å²) in [6.45, 7) is 3.67. The molecule has 1 rings (SSSR count). The summed E-state index contributed by atoms with van der Waals surface area (Å²) >= 11 is 2.00. The number of hydrogen-bond donors (Lipinski definition) is 2. The maximum absolute atomic E-state index is 11.1. The van der Waals surface area contributed by atoms with Gasteiger partial charge in [0.25, 0.3) is 0 Å². The molecule has 2 atom stereocenters. The Balaban J connectivity index is 3.16. The minimum absolute atomic E-state index is 0.254. The van der Waals surface area contributed by atoms with Gasteiger partial charge in [0.1, 0.15) is 0 Å². The lowest BCUT2D eigenvalue weighted by molar-refractivity contribution is -0.158. The third kappa shape index (κ3) is 1.04. The van der Waals surface area contributed by atoms with Crippen LogP contribution in [-0.4, -0.2) is 25.6 Å². The minimum atomic E-state index is -1.56. The maximum atomic E-state index is 11.1. The molecule has 0 saturated heterocycles. The summed E-state index contributed by atoms with van der Waals surface area (Å²) in [7, 11) is 0. The Morgan fingerprint density at radius 3 is 1.79 bits per heavy atom. The summed E-state index contributed by atoms with van der Waals surface area (Å²) in [6, 6.07) is 0. The third-order valence-corrected chi connectivity index (χ3v) is 5.61. The summed E-state index contributed by atoms with van der Waals surface area (Å²) in [4.78, 5) is 22.2. The van der Waals surface area contributed by atoms with E-state index in [1.165, 1.54) is 0 Å². The fourth-order valence-electron chi connectivity index (χ4n) is 2.48. The number of carbonyl (C=O) groups is 2. The van der Waals surface area contributed by atoms with Gasteiger partial charge in [-0.3, -0.25) is 9.59 Å². The number of aliphatic carboxylic acids is 2. The Morgan fingerprint density at radius 2 is 1.71 bits per heavy atom. The van der Waals surface area contributed by atoms with Gasteiger partial charge in [0.15, 0.2) is 5.41 Å². The van der Waals surface area contributed by atoms with Crippen LogP contribution in [0.25, 0.3) is 0 Å². The summed E-state index contributed by atoms with van der Waals surface area (Å²) in [5.74, 6) is -2.66. The quantitative estimate of drug-likeness (QED) is 0.471. The molecule has 1 saturated carbocycles. The van der Waals surface area contributed by atoms with Crippen molar-refractivity contribution in [3.8, 4) is 0 Å². The SMILES string of the molecule is CCC1C(I)(CC)C1(C(=O)O)C(=O)O. The van der Waals surface area contributed by atoms with Crippen LogP contribution in [0.5, 0.6) is 0 Å². The predicted molar refractivity (Wildman–Crippen MR) is 58.5 cm³/mol. The van der Waals surface area contributed by atoms with Crippen LogP contribution in [0.2, 0.25) is 0 Å². The van der Waals surface area contributed by atoms with Gasteiger partial charge < -0.3 is 10.2 Å². The topological polar surface area (TPSA) is 74.6 Å². The van der Waals surface area contributed by atoms with Crippen molar-refractivity contribution >= 4 is 34.5 Å². The second kappa shape index (κ2) is 3.36. The average molecular weight is 312 g/mol. The molecule has 0 aromatic rings. The molecule has 0 aromatic carbocycles. The molecule has 14 heavy (non-hydrogen) atoms. The van der Waals surface area contributed by atoms with Crippen LogP contribution in [0.1, 0.15) is 26.7 Å². The Bertz CT molecular complexity index is 275.